The van der Waals surface area contributed by atoms with Gasteiger partial charge in [0.2, 0.25) is 0 Å². The topological polar surface area (TPSA) is 30.2 Å². The summed E-state index contributed by atoms with van der Waals surface area (Å²) in [6.07, 6.45) is 5.94. The molecule has 0 unspecified atom stereocenters. The van der Waals surface area contributed by atoms with Crippen LogP contribution in [0.25, 0.3) is 0 Å². The van der Waals surface area contributed by atoms with Crippen molar-refractivity contribution in [1.29, 1.82) is 0 Å². The lowest BCUT2D eigenvalue weighted by Crippen LogP contribution is -2.15. The van der Waals surface area contributed by atoms with Crippen molar-refractivity contribution in [3.05, 3.63) is 24.2 Å². The molecule has 12 heavy (non-hydrogen) atoms. The number of Topliss-reactive ketones (excluding diaryl/α,β-unsaturated/α-hetero) is 1. The van der Waals surface area contributed by atoms with Crippen LogP contribution in [0.5, 0.6) is 0 Å². The van der Waals surface area contributed by atoms with Crippen molar-refractivity contribution >= 4 is 5.78 Å². The van der Waals surface area contributed by atoms with Crippen LogP contribution in [0.2, 0.25) is 0 Å². The highest BCUT2D eigenvalue weighted by atomic mass is 16.3. The van der Waals surface area contributed by atoms with Crippen molar-refractivity contribution in [2.75, 3.05) is 0 Å². The minimum Gasteiger partial charge on any atom is -0.461 e. The third-order valence-electron chi connectivity index (χ3n) is 2.49. The summed E-state index contributed by atoms with van der Waals surface area (Å²) >= 11 is 0. The Balaban J connectivity index is 1.92. The molecule has 0 aliphatic heterocycles. The molecule has 1 heterocycles. The van der Waals surface area contributed by atoms with Crippen molar-refractivity contribution < 1.29 is 9.21 Å². The summed E-state index contributed by atoms with van der Waals surface area (Å²) in [4.78, 5) is 11.4. The number of furan rings is 1. The third-order valence-corrected chi connectivity index (χ3v) is 2.49. The van der Waals surface area contributed by atoms with E-state index >= 15 is 0 Å². The minimum atomic E-state index is 0.157. The van der Waals surface area contributed by atoms with Gasteiger partial charge in [0, 0.05) is 6.42 Å². The first-order chi connectivity index (χ1) is 5.86. The van der Waals surface area contributed by atoms with Crippen molar-refractivity contribution in [2.45, 2.75) is 25.7 Å². The molecule has 0 spiro atoms. The Bertz CT molecular complexity index is 257. The average molecular weight is 164 g/mol. The molecule has 1 fully saturated rings. The third kappa shape index (κ3) is 1.42. The van der Waals surface area contributed by atoms with Gasteiger partial charge >= 0.3 is 0 Å². The summed E-state index contributed by atoms with van der Waals surface area (Å²) in [6.45, 7) is 0. The van der Waals surface area contributed by atoms with Crippen LogP contribution in [0, 0.1) is 5.92 Å². The fourth-order valence-electron chi connectivity index (χ4n) is 1.50. The van der Waals surface area contributed by atoms with Crippen molar-refractivity contribution in [3.63, 3.8) is 0 Å². The molecule has 0 saturated heterocycles. The number of rotatable bonds is 3. The van der Waals surface area contributed by atoms with Crippen molar-refractivity contribution in [2.24, 2.45) is 5.92 Å². The Kier molecular flexibility index (Phi) is 1.98. The van der Waals surface area contributed by atoms with E-state index in [2.05, 4.69) is 0 Å². The van der Waals surface area contributed by atoms with E-state index in [0.717, 1.165) is 0 Å². The van der Waals surface area contributed by atoms with Crippen LogP contribution < -0.4 is 0 Å². The van der Waals surface area contributed by atoms with E-state index in [1.54, 1.807) is 18.4 Å². The number of hydrogen-bond acceptors (Lipinski definition) is 2. The van der Waals surface area contributed by atoms with Crippen LogP contribution >= 0.6 is 0 Å². The minimum absolute atomic E-state index is 0.157. The average Bonchev–Trinajstić information content (AvgIpc) is 2.47. The molecule has 0 amide bonds. The van der Waals surface area contributed by atoms with Gasteiger partial charge in [0.25, 0.3) is 0 Å². The number of carbonyl (C=O) groups excluding carboxylic acids is 1. The molecule has 1 aromatic heterocycles. The van der Waals surface area contributed by atoms with Gasteiger partial charge < -0.3 is 4.42 Å². The number of carbonyl (C=O) groups is 1. The van der Waals surface area contributed by atoms with E-state index in [1.165, 1.54) is 19.3 Å². The van der Waals surface area contributed by atoms with Crippen LogP contribution in [-0.4, -0.2) is 5.78 Å². The second-order valence-electron chi connectivity index (χ2n) is 3.40. The zero-order chi connectivity index (χ0) is 8.39. The highest BCUT2D eigenvalue weighted by Crippen LogP contribution is 2.30. The zero-order valence-electron chi connectivity index (χ0n) is 6.95. The first-order valence-electron chi connectivity index (χ1n) is 4.43. The van der Waals surface area contributed by atoms with Gasteiger partial charge in [-0.2, -0.15) is 0 Å². The Morgan fingerprint density at radius 2 is 2.42 bits per heavy atom. The molecule has 1 aromatic rings. The van der Waals surface area contributed by atoms with Gasteiger partial charge in [-0.3, -0.25) is 4.79 Å². The molecule has 64 valence electrons. The second-order valence-corrected chi connectivity index (χ2v) is 3.40. The Hall–Kier alpha value is -1.05. The maximum absolute atomic E-state index is 11.4. The summed E-state index contributed by atoms with van der Waals surface area (Å²) in [7, 11) is 0. The van der Waals surface area contributed by atoms with Gasteiger partial charge in [-0.25, -0.2) is 0 Å². The summed E-state index contributed by atoms with van der Waals surface area (Å²) in [6, 6.07) is 3.50. The molecule has 0 aromatic carbocycles. The maximum atomic E-state index is 11.4. The van der Waals surface area contributed by atoms with Gasteiger partial charge in [0.1, 0.15) is 0 Å². The standard InChI is InChI=1S/C10H12O2/c11-9(7-8-3-1-4-8)10-5-2-6-12-10/h2,5-6,8H,1,3-4,7H2. The molecule has 1 saturated carbocycles. The van der Waals surface area contributed by atoms with E-state index in [-0.39, 0.29) is 5.78 Å². The molecule has 2 heteroatoms. The predicted octanol–water partition coefficient (Wildman–Crippen LogP) is 2.65. The Morgan fingerprint density at radius 1 is 1.58 bits per heavy atom. The van der Waals surface area contributed by atoms with Crippen LogP contribution in [0.4, 0.5) is 0 Å². The predicted molar refractivity (Wildman–Crippen MR) is 45.0 cm³/mol. The molecule has 1 aliphatic carbocycles. The highest BCUT2D eigenvalue weighted by Gasteiger charge is 2.22. The van der Waals surface area contributed by atoms with Gasteiger partial charge in [-0.1, -0.05) is 6.42 Å². The summed E-state index contributed by atoms with van der Waals surface area (Å²) < 4.78 is 5.02. The van der Waals surface area contributed by atoms with Crippen LogP contribution in [-0.2, 0) is 0 Å². The fourth-order valence-corrected chi connectivity index (χ4v) is 1.50. The first-order valence-corrected chi connectivity index (χ1v) is 4.43. The molecule has 2 rings (SSSR count). The van der Waals surface area contributed by atoms with Gasteiger partial charge in [0.15, 0.2) is 11.5 Å². The van der Waals surface area contributed by atoms with Gasteiger partial charge in [0.05, 0.1) is 6.26 Å². The molecule has 0 bridgehead atoms. The molecular weight excluding hydrogens is 152 g/mol. The lowest BCUT2D eigenvalue weighted by atomic mass is 9.81. The zero-order valence-corrected chi connectivity index (χ0v) is 6.95. The summed E-state index contributed by atoms with van der Waals surface area (Å²) in [5.41, 5.74) is 0. The van der Waals surface area contributed by atoms with E-state index in [0.29, 0.717) is 18.1 Å². The second kappa shape index (κ2) is 3.13. The first kappa shape index (κ1) is 7.59. The van der Waals surface area contributed by atoms with E-state index < -0.39 is 0 Å². The lowest BCUT2D eigenvalue weighted by Gasteiger charge is -2.23. The quantitative estimate of drug-likeness (QED) is 0.643. The van der Waals surface area contributed by atoms with Gasteiger partial charge in [-0.05, 0) is 30.9 Å². The lowest BCUT2D eigenvalue weighted by molar-refractivity contribution is 0.0909. The normalized spacial score (nSPS) is 17.3. The SMILES string of the molecule is O=C(CC1CCC1)c1ccco1. The molecule has 2 nitrogen and oxygen atoms in total. The van der Waals surface area contributed by atoms with E-state index in [4.69, 9.17) is 4.42 Å². The largest absolute Gasteiger partial charge is 0.461 e. The number of ketones is 1. The van der Waals surface area contributed by atoms with E-state index in [9.17, 15) is 4.79 Å². The summed E-state index contributed by atoms with van der Waals surface area (Å²) in [5.74, 6) is 1.30. The smallest absolute Gasteiger partial charge is 0.198 e. The Labute approximate surface area is 71.6 Å². The molecule has 1 aliphatic rings. The molecule has 0 radical (unpaired) electrons. The van der Waals surface area contributed by atoms with Crippen LogP contribution in [0.3, 0.4) is 0 Å². The summed E-state index contributed by atoms with van der Waals surface area (Å²) in [5, 5.41) is 0. The highest BCUT2D eigenvalue weighted by molar-refractivity contribution is 5.93. The van der Waals surface area contributed by atoms with Crippen LogP contribution in [0.15, 0.2) is 22.8 Å². The van der Waals surface area contributed by atoms with Crippen molar-refractivity contribution in [1.82, 2.24) is 0 Å². The monoisotopic (exact) mass is 164 g/mol. The van der Waals surface area contributed by atoms with Crippen molar-refractivity contribution in [3.8, 4) is 0 Å². The Morgan fingerprint density at radius 3 is 2.92 bits per heavy atom. The van der Waals surface area contributed by atoms with Gasteiger partial charge in [-0.15, -0.1) is 0 Å². The van der Waals surface area contributed by atoms with Crippen LogP contribution in [0.1, 0.15) is 36.2 Å². The number of hydrogen-bond donors (Lipinski definition) is 0. The maximum Gasteiger partial charge on any atom is 0.198 e. The van der Waals surface area contributed by atoms with E-state index in [1.807, 2.05) is 0 Å². The molecular formula is C10H12O2. The molecule has 0 N–H and O–H groups in total. The molecule has 0 atom stereocenters. The fraction of sp³-hybridized carbons (Fsp3) is 0.500.